The molecule has 8 rings (SSSR count). The van der Waals surface area contributed by atoms with Crippen LogP contribution in [-0.2, 0) is 14.8 Å². The summed E-state index contributed by atoms with van der Waals surface area (Å²) >= 11 is 6.25. The number of fused-ring (bicyclic) bond motifs is 1. The maximum atomic E-state index is 13.9. The van der Waals surface area contributed by atoms with Gasteiger partial charge in [0.25, 0.3) is 15.9 Å². The fraction of sp³-hybridized carbons (Fsp3) is 0.370. The molecule has 2 N–H and O–H groups in total. The zero-order chi connectivity index (χ0) is 42.7. The molecule has 1 atom stereocenters. The number of pyridine rings is 1. The van der Waals surface area contributed by atoms with E-state index in [1.807, 2.05) is 60.5 Å². The molecule has 0 spiro atoms. The number of carbonyl (C=O) groups is 1. The van der Waals surface area contributed by atoms with E-state index < -0.39 is 22.2 Å². The topological polar surface area (TPSA) is 153 Å². The van der Waals surface area contributed by atoms with Crippen LogP contribution in [0.1, 0.15) is 61.5 Å². The van der Waals surface area contributed by atoms with Gasteiger partial charge in [-0.1, -0.05) is 43.2 Å². The number of sulfonamides is 1. The number of nitrogens with one attached hydrogen (secondary N) is 2. The number of rotatable bonds is 12. The highest BCUT2D eigenvalue weighted by Gasteiger charge is 2.30. The number of H-pyrrole nitrogens is 1. The number of amides is 1. The van der Waals surface area contributed by atoms with Crippen molar-refractivity contribution in [3.63, 3.8) is 0 Å². The highest BCUT2D eigenvalue weighted by molar-refractivity contribution is 7.90. The van der Waals surface area contributed by atoms with E-state index in [1.54, 1.807) is 18.2 Å². The molecule has 0 saturated carbocycles. The van der Waals surface area contributed by atoms with Gasteiger partial charge in [0.05, 0.1) is 25.0 Å². The summed E-state index contributed by atoms with van der Waals surface area (Å²) in [5.41, 5.74) is 6.10. The van der Waals surface area contributed by atoms with Gasteiger partial charge in [-0.25, -0.2) is 18.1 Å². The molecule has 0 radical (unpaired) electrons. The summed E-state index contributed by atoms with van der Waals surface area (Å²) in [6, 6.07) is 24.0. The predicted molar refractivity (Wildman–Crippen MR) is 236 cm³/mol. The van der Waals surface area contributed by atoms with Crippen LogP contribution in [0.3, 0.4) is 0 Å². The Balaban J connectivity index is 1.000. The minimum Gasteiger partial charge on any atom is -0.458 e. The molecular weight excluding hydrogens is 814 g/mol. The van der Waals surface area contributed by atoms with Crippen LogP contribution in [0.25, 0.3) is 16.5 Å². The summed E-state index contributed by atoms with van der Waals surface area (Å²) in [5, 5.41) is 11.6. The highest BCUT2D eigenvalue weighted by atomic mass is 35.5. The van der Waals surface area contributed by atoms with E-state index in [9.17, 15) is 18.5 Å². The molecule has 1 aliphatic carbocycles. The van der Waals surface area contributed by atoms with Crippen molar-refractivity contribution in [2.45, 2.75) is 51.2 Å². The van der Waals surface area contributed by atoms with Gasteiger partial charge < -0.3 is 24.1 Å². The Hall–Kier alpha value is -5.43. The van der Waals surface area contributed by atoms with Gasteiger partial charge in [0, 0.05) is 79.7 Å². The summed E-state index contributed by atoms with van der Waals surface area (Å²) < 4.78 is 47.3. The molecule has 15 heteroatoms. The number of carbonyl (C=O) groups excluding carboxylic acids is 1. The number of anilines is 1. The molecule has 61 heavy (non-hydrogen) atoms. The Morgan fingerprint density at radius 3 is 2.54 bits per heavy atom. The Morgan fingerprint density at radius 1 is 1.02 bits per heavy atom. The van der Waals surface area contributed by atoms with Crippen LogP contribution in [0, 0.1) is 16.7 Å². The fourth-order valence-electron chi connectivity index (χ4n) is 8.27. The molecule has 3 aliphatic rings. The van der Waals surface area contributed by atoms with Crippen LogP contribution in [0.5, 0.6) is 17.4 Å². The molecule has 318 valence electrons. The summed E-state index contributed by atoms with van der Waals surface area (Å²) in [4.78, 5) is 27.7. The lowest BCUT2D eigenvalue weighted by atomic mass is 9.72. The molecule has 2 fully saturated rings. The molecule has 4 heterocycles. The van der Waals surface area contributed by atoms with Gasteiger partial charge >= 0.3 is 0 Å². The minimum atomic E-state index is -4.48. The maximum Gasteiger partial charge on any atom is 0.268 e. The molecule has 1 unspecified atom stereocenters. The zero-order valence-electron chi connectivity index (χ0n) is 34.6. The number of aromatic nitrogens is 2. The lowest BCUT2D eigenvalue weighted by Gasteiger charge is -2.39. The van der Waals surface area contributed by atoms with Crippen molar-refractivity contribution in [3.05, 3.63) is 112 Å². The molecule has 3 aromatic carbocycles. The van der Waals surface area contributed by atoms with Gasteiger partial charge in [-0.15, -0.1) is 0 Å². The Labute approximate surface area is 361 Å². The van der Waals surface area contributed by atoms with Crippen molar-refractivity contribution in [1.82, 2.24) is 24.5 Å². The first-order chi connectivity index (χ1) is 29.3. The van der Waals surface area contributed by atoms with E-state index in [0.717, 1.165) is 85.9 Å². The number of hydrogen-bond acceptors (Lipinski definition) is 11. The van der Waals surface area contributed by atoms with Gasteiger partial charge in [0.2, 0.25) is 5.88 Å². The van der Waals surface area contributed by atoms with E-state index in [4.69, 9.17) is 25.8 Å². The number of morpholine rings is 1. The van der Waals surface area contributed by atoms with E-state index in [2.05, 4.69) is 50.5 Å². The first kappa shape index (κ1) is 42.3. The van der Waals surface area contributed by atoms with Gasteiger partial charge in [-0.3, -0.25) is 14.6 Å². The zero-order valence-corrected chi connectivity index (χ0v) is 36.2. The van der Waals surface area contributed by atoms with Crippen LogP contribution in [-0.4, -0.2) is 99.3 Å². The number of nitriles is 1. The average molecular weight is 864 g/mol. The minimum absolute atomic E-state index is 0.00364. The molecule has 2 aromatic heterocycles. The van der Waals surface area contributed by atoms with Crippen LogP contribution < -0.4 is 19.1 Å². The second kappa shape index (κ2) is 17.9. The first-order valence-electron chi connectivity index (χ1n) is 20.6. The van der Waals surface area contributed by atoms with E-state index in [-0.39, 0.29) is 33.1 Å². The number of ether oxygens (including phenoxy) is 3. The summed E-state index contributed by atoms with van der Waals surface area (Å²) in [7, 11) is -4.48. The number of allylic oxidation sites excluding steroid dienone is 1. The first-order valence-corrected chi connectivity index (χ1v) is 22.5. The van der Waals surface area contributed by atoms with Gasteiger partial charge in [-0.2, -0.15) is 5.26 Å². The fourth-order valence-corrected chi connectivity index (χ4v) is 9.33. The average Bonchev–Trinajstić information content (AvgIpc) is 3.73. The monoisotopic (exact) mass is 863 g/mol. The summed E-state index contributed by atoms with van der Waals surface area (Å²) in [6.07, 6.45) is 5.72. The quantitative estimate of drug-likeness (QED) is 0.126. The maximum absolute atomic E-state index is 13.9. The van der Waals surface area contributed by atoms with Crippen molar-refractivity contribution < 1.29 is 27.4 Å². The normalized spacial score (nSPS) is 18.1. The van der Waals surface area contributed by atoms with Crippen LogP contribution in [0.15, 0.2) is 95.7 Å². The molecular formula is C46H50ClN7O6S. The summed E-state index contributed by atoms with van der Waals surface area (Å²) in [6.45, 7) is 13.0. The van der Waals surface area contributed by atoms with Gasteiger partial charge in [0.1, 0.15) is 28.0 Å². The molecule has 0 bridgehead atoms. The molecule has 2 saturated heterocycles. The van der Waals surface area contributed by atoms with E-state index in [0.29, 0.717) is 32.1 Å². The predicted octanol–water partition coefficient (Wildman–Crippen LogP) is 7.84. The number of halogens is 1. The molecule has 13 nitrogen and oxygen atoms in total. The lowest BCUT2D eigenvalue weighted by molar-refractivity contribution is -0.0389. The van der Waals surface area contributed by atoms with Crippen molar-refractivity contribution >= 4 is 49.7 Å². The van der Waals surface area contributed by atoms with Crippen LogP contribution >= 0.6 is 11.6 Å². The number of hydrogen-bond donors (Lipinski definition) is 2. The van der Waals surface area contributed by atoms with Crippen molar-refractivity contribution in [2.75, 3.05) is 63.9 Å². The number of piperazine rings is 1. The molecule has 1 amide bonds. The second-order valence-corrected chi connectivity index (χ2v) is 18.8. The van der Waals surface area contributed by atoms with Crippen LogP contribution in [0.4, 0.5) is 5.69 Å². The largest absolute Gasteiger partial charge is 0.458 e. The second-order valence-electron chi connectivity index (χ2n) is 16.6. The standard InChI is InChI=1S/C46H50ClN7O6S/c1-31(53-20-22-58-23-21-53)59-45-35(28-48)25-39(29-50-45)61(56,57)51-44(55)40-10-8-37(26-43(40)60-38-9-11-42-33(24-38)13-15-49-42)54-18-16-52(17-19-54)30-34-12-14-46(2,3)27-41(34)32-4-6-36(47)7-5-32/h4-11,13,15,24-26,29,31,49H,12,14,16-23,27,30H2,1-3H3,(H,51,55). The Bertz CT molecular complexity index is 2590. The number of benzene rings is 3. The number of aromatic amines is 1. The highest BCUT2D eigenvalue weighted by Crippen LogP contribution is 2.43. The van der Waals surface area contributed by atoms with Crippen LogP contribution in [0.2, 0.25) is 5.02 Å². The van der Waals surface area contributed by atoms with Crippen molar-refractivity contribution in [2.24, 2.45) is 5.41 Å². The summed E-state index contributed by atoms with van der Waals surface area (Å²) in [5.74, 6) is -0.219. The van der Waals surface area contributed by atoms with Gasteiger partial charge in [0.15, 0.2) is 6.23 Å². The smallest absolute Gasteiger partial charge is 0.268 e. The lowest BCUT2D eigenvalue weighted by Crippen LogP contribution is -2.47. The molecule has 5 aromatic rings. The SMILES string of the molecule is CC(Oc1ncc(S(=O)(=O)NC(=O)c2ccc(N3CCN(CC4=C(c5ccc(Cl)cc5)CC(C)(C)CC4)CC3)cc2Oc2ccc3[nH]ccc3c2)cc1C#N)N1CCOCC1. The van der Waals surface area contributed by atoms with Crippen molar-refractivity contribution in [3.8, 4) is 23.4 Å². The third-order valence-electron chi connectivity index (χ3n) is 11.8. The van der Waals surface area contributed by atoms with E-state index >= 15 is 0 Å². The third kappa shape index (κ3) is 9.88. The number of nitrogens with zero attached hydrogens (tertiary/aromatic N) is 5. The third-order valence-corrected chi connectivity index (χ3v) is 13.4. The Morgan fingerprint density at radius 2 is 1.79 bits per heavy atom. The molecule has 2 aliphatic heterocycles. The van der Waals surface area contributed by atoms with E-state index in [1.165, 1.54) is 16.7 Å². The Kier molecular flexibility index (Phi) is 12.4. The van der Waals surface area contributed by atoms with Crippen molar-refractivity contribution in [1.29, 1.82) is 5.26 Å². The van der Waals surface area contributed by atoms with Gasteiger partial charge in [-0.05, 0) is 97.3 Å².